The number of rotatable bonds is 2. The summed E-state index contributed by atoms with van der Waals surface area (Å²) in [6, 6.07) is 3.57. The Kier molecular flexibility index (Phi) is 3.08. The van der Waals surface area contributed by atoms with Gasteiger partial charge in [-0.05, 0) is 24.5 Å². The second-order valence-corrected chi connectivity index (χ2v) is 4.32. The van der Waals surface area contributed by atoms with E-state index in [1.165, 1.54) is 0 Å². The van der Waals surface area contributed by atoms with Gasteiger partial charge in [0.2, 0.25) is 0 Å². The summed E-state index contributed by atoms with van der Waals surface area (Å²) in [5.74, 6) is 1.47. The molecule has 16 heavy (non-hydrogen) atoms. The monoisotopic (exact) mass is 219 g/mol. The molecule has 0 bridgehead atoms. The molecule has 1 aromatic heterocycles. The van der Waals surface area contributed by atoms with Crippen molar-refractivity contribution in [1.82, 2.24) is 9.88 Å². The molecular weight excluding hydrogens is 202 g/mol. The van der Waals surface area contributed by atoms with Gasteiger partial charge in [-0.25, -0.2) is 4.98 Å². The van der Waals surface area contributed by atoms with E-state index in [9.17, 15) is 4.79 Å². The number of amides is 1. The van der Waals surface area contributed by atoms with E-state index >= 15 is 0 Å². The van der Waals surface area contributed by atoms with Gasteiger partial charge in [-0.3, -0.25) is 4.79 Å². The van der Waals surface area contributed by atoms with E-state index < -0.39 is 0 Å². The molecule has 4 heteroatoms. The van der Waals surface area contributed by atoms with Crippen LogP contribution in [0.2, 0.25) is 0 Å². The van der Waals surface area contributed by atoms with Crippen molar-refractivity contribution in [3.05, 3.63) is 23.9 Å². The van der Waals surface area contributed by atoms with E-state index in [1.54, 1.807) is 25.4 Å². The van der Waals surface area contributed by atoms with Crippen LogP contribution < -0.4 is 5.32 Å². The van der Waals surface area contributed by atoms with Crippen molar-refractivity contribution in [1.29, 1.82) is 0 Å². The van der Waals surface area contributed by atoms with Crippen LogP contribution in [0.4, 0.5) is 5.82 Å². The highest BCUT2D eigenvalue weighted by Gasteiger charge is 2.24. The van der Waals surface area contributed by atoms with E-state index in [4.69, 9.17) is 0 Å². The maximum atomic E-state index is 12.1. The number of pyridine rings is 1. The zero-order valence-corrected chi connectivity index (χ0v) is 9.73. The maximum Gasteiger partial charge on any atom is 0.254 e. The molecule has 1 aliphatic heterocycles. The summed E-state index contributed by atoms with van der Waals surface area (Å²) in [4.78, 5) is 18.1. The molecule has 1 saturated heterocycles. The number of nitrogens with one attached hydrogen (secondary N) is 1. The predicted molar refractivity (Wildman–Crippen MR) is 63.5 cm³/mol. The number of anilines is 1. The van der Waals surface area contributed by atoms with Crippen molar-refractivity contribution in [3.63, 3.8) is 0 Å². The fraction of sp³-hybridized carbons (Fsp3) is 0.500. The summed E-state index contributed by atoms with van der Waals surface area (Å²) >= 11 is 0. The number of carbonyl (C=O) groups is 1. The molecule has 0 aromatic carbocycles. The van der Waals surface area contributed by atoms with E-state index in [0.717, 1.165) is 25.3 Å². The molecule has 1 atom stereocenters. The molecule has 86 valence electrons. The van der Waals surface area contributed by atoms with Crippen LogP contribution in [0.5, 0.6) is 0 Å². The first-order valence-corrected chi connectivity index (χ1v) is 5.64. The number of carbonyl (C=O) groups excluding carboxylic acids is 1. The lowest BCUT2D eigenvalue weighted by molar-refractivity contribution is 0.0788. The topological polar surface area (TPSA) is 45.2 Å². The summed E-state index contributed by atoms with van der Waals surface area (Å²) in [7, 11) is 1.80. The summed E-state index contributed by atoms with van der Waals surface area (Å²) in [6.45, 7) is 3.92. The zero-order chi connectivity index (χ0) is 11.5. The van der Waals surface area contributed by atoms with Crippen LogP contribution >= 0.6 is 0 Å². The molecule has 4 nitrogen and oxygen atoms in total. The summed E-state index contributed by atoms with van der Waals surface area (Å²) in [5, 5.41) is 2.94. The van der Waals surface area contributed by atoms with Gasteiger partial charge in [0.1, 0.15) is 5.82 Å². The van der Waals surface area contributed by atoms with Gasteiger partial charge in [0.05, 0.1) is 0 Å². The van der Waals surface area contributed by atoms with Gasteiger partial charge in [-0.15, -0.1) is 0 Å². The van der Waals surface area contributed by atoms with Crippen molar-refractivity contribution in [2.75, 3.05) is 25.5 Å². The Hall–Kier alpha value is -1.58. The lowest BCUT2D eigenvalue weighted by atomic mass is 10.2. The summed E-state index contributed by atoms with van der Waals surface area (Å²) in [6.07, 6.45) is 2.77. The lowest BCUT2D eigenvalue weighted by Gasteiger charge is -2.16. The standard InChI is InChI=1S/C12H17N3O/c1-9-4-6-15(8-9)12(16)10-3-5-14-11(7-10)13-2/h3,5,7,9H,4,6,8H2,1-2H3,(H,13,14). The van der Waals surface area contributed by atoms with Gasteiger partial charge in [-0.2, -0.15) is 0 Å². The summed E-state index contributed by atoms with van der Waals surface area (Å²) in [5.41, 5.74) is 0.716. The highest BCUT2D eigenvalue weighted by atomic mass is 16.2. The van der Waals surface area contributed by atoms with Crippen molar-refractivity contribution in [3.8, 4) is 0 Å². The number of hydrogen-bond donors (Lipinski definition) is 1. The fourth-order valence-corrected chi connectivity index (χ4v) is 2.00. The molecule has 0 aliphatic carbocycles. The van der Waals surface area contributed by atoms with Gasteiger partial charge in [-0.1, -0.05) is 6.92 Å². The van der Waals surface area contributed by atoms with Gasteiger partial charge in [0.15, 0.2) is 0 Å². The molecule has 1 aliphatic rings. The van der Waals surface area contributed by atoms with Crippen LogP contribution in [-0.2, 0) is 0 Å². The van der Waals surface area contributed by atoms with Crippen LogP contribution in [0.1, 0.15) is 23.7 Å². The molecule has 1 unspecified atom stereocenters. The third kappa shape index (κ3) is 2.15. The van der Waals surface area contributed by atoms with E-state index in [1.807, 2.05) is 4.90 Å². The maximum absolute atomic E-state index is 12.1. The quantitative estimate of drug-likeness (QED) is 0.821. The van der Waals surface area contributed by atoms with Crippen molar-refractivity contribution in [2.24, 2.45) is 5.92 Å². The highest BCUT2D eigenvalue weighted by Crippen LogP contribution is 2.18. The Morgan fingerprint density at radius 3 is 3.06 bits per heavy atom. The molecule has 0 radical (unpaired) electrons. The van der Waals surface area contributed by atoms with Crippen LogP contribution in [0, 0.1) is 5.92 Å². The third-order valence-electron chi connectivity index (χ3n) is 2.97. The van der Waals surface area contributed by atoms with Gasteiger partial charge < -0.3 is 10.2 Å². The van der Waals surface area contributed by atoms with Crippen LogP contribution in [-0.4, -0.2) is 35.9 Å². The second-order valence-electron chi connectivity index (χ2n) is 4.32. The fourth-order valence-electron chi connectivity index (χ4n) is 2.00. The third-order valence-corrected chi connectivity index (χ3v) is 2.97. The first-order chi connectivity index (χ1) is 7.70. The SMILES string of the molecule is CNc1cc(C(=O)N2CCC(C)C2)ccn1. The van der Waals surface area contributed by atoms with Crippen LogP contribution in [0.25, 0.3) is 0 Å². The number of likely N-dealkylation sites (tertiary alicyclic amines) is 1. The van der Waals surface area contributed by atoms with Crippen molar-refractivity contribution >= 4 is 11.7 Å². The lowest BCUT2D eigenvalue weighted by Crippen LogP contribution is -2.28. The minimum absolute atomic E-state index is 0.114. The van der Waals surface area contributed by atoms with E-state index in [0.29, 0.717) is 11.5 Å². The first-order valence-electron chi connectivity index (χ1n) is 5.64. The van der Waals surface area contributed by atoms with Gasteiger partial charge in [0.25, 0.3) is 5.91 Å². The van der Waals surface area contributed by atoms with Crippen molar-refractivity contribution in [2.45, 2.75) is 13.3 Å². The number of nitrogens with zero attached hydrogens (tertiary/aromatic N) is 2. The van der Waals surface area contributed by atoms with Crippen LogP contribution in [0.3, 0.4) is 0 Å². The molecule has 1 aromatic rings. The molecule has 2 heterocycles. The normalized spacial score (nSPS) is 19.9. The highest BCUT2D eigenvalue weighted by molar-refractivity contribution is 5.95. The Labute approximate surface area is 95.7 Å². The molecular formula is C12H17N3O. The Morgan fingerprint density at radius 1 is 1.62 bits per heavy atom. The molecule has 0 spiro atoms. The molecule has 1 fully saturated rings. The minimum atomic E-state index is 0.114. The Balaban J connectivity index is 2.14. The molecule has 1 amide bonds. The Morgan fingerprint density at radius 2 is 2.44 bits per heavy atom. The van der Waals surface area contributed by atoms with Gasteiger partial charge >= 0.3 is 0 Å². The zero-order valence-electron chi connectivity index (χ0n) is 9.73. The first kappa shape index (κ1) is 10.9. The summed E-state index contributed by atoms with van der Waals surface area (Å²) < 4.78 is 0. The molecule has 2 rings (SSSR count). The van der Waals surface area contributed by atoms with Gasteiger partial charge in [0, 0.05) is 31.9 Å². The Bertz CT molecular complexity index is 392. The van der Waals surface area contributed by atoms with Crippen molar-refractivity contribution < 1.29 is 4.79 Å². The minimum Gasteiger partial charge on any atom is -0.373 e. The van der Waals surface area contributed by atoms with E-state index in [-0.39, 0.29) is 5.91 Å². The number of hydrogen-bond acceptors (Lipinski definition) is 3. The van der Waals surface area contributed by atoms with E-state index in [2.05, 4.69) is 17.2 Å². The second kappa shape index (κ2) is 4.51. The average Bonchev–Trinajstić information content (AvgIpc) is 2.75. The van der Waals surface area contributed by atoms with Crippen LogP contribution in [0.15, 0.2) is 18.3 Å². The smallest absolute Gasteiger partial charge is 0.254 e. The predicted octanol–water partition coefficient (Wildman–Crippen LogP) is 1.61. The molecule has 0 saturated carbocycles. The average molecular weight is 219 g/mol. The number of aromatic nitrogens is 1. The molecule has 1 N–H and O–H groups in total. The largest absolute Gasteiger partial charge is 0.373 e.